The zero-order valence-corrected chi connectivity index (χ0v) is 11.6. The number of nitrogens with two attached hydrogens (primary N) is 1. The van der Waals surface area contributed by atoms with Gasteiger partial charge in [-0.15, -0.1) is 0 Å². The maximum absolute atomic E-state index is 13.1. The summed E-state index contributed by atoms with van der Waals surface area (Å²) in [5.41, 5.74) is 5.71. The number of rotatable bonds is 4. The first-order chi connectivity index (χ1) is 9.88. The standard InChI is InChI=1S/C14H18FN3O3/c1-8(17-10-4-2-3-9(15)5-10)14(21)18-7-11(19)6-12(18)13(16)20/h2-5,8,11-12,17,19H,6-7H2,1H3,(H2,16,20). The lowest BCUT2D eigenvalue weighted by molar-refractivity contribution is -0.137. The van der Waals surface area contributed by atoms with Gasteiger partial charge in [0.2, 0.25) is 11.8 Å². The molecule has 1 saturated heterocycles. The summed E-state index contributed by atoms with van der Waals surface area (Å²) >= 11 is 0. The number of nitrogens with one attached hydrogen (secondary N) is 1. The van der Waals surface area contributed by atoms with E-state index in [2.05, 4.69) is 5.32 Å². The molecule has 1 aliphatic heterocycles. The molecule has 0 spiro atoms. The van der Waals surface area contributed by atoms with Crippen molar-refractivity contribution in [1.29, 1.82) is 0 Å². The number of β-amino-alcohol motifs (C(OH)–C–C–N with tert-alkyl or cyclic N) is 1. The van der Waals surface area contributed by atoms with Gasteiger partial charge >= 0.3 is 0 Å². The number of benzene rings is 1. The number of hydrogen-bond acceptors (Lipinski definition) is 4. The number of primary amides is 1. The van der Waals surface area contributed by atoms with Crippen molar-refractivity contribution in [3.63, 3.8) is 0 Å². The third kappa shape index (κ3) is 3.49. The second-order valence-corrected chi connectivity index (χ2v) is 5.17. The van der Waals surface area contributed by atoms with Crippen molar-refractivity contribution >= 4 is 17.5 Å². The van der Waals surface area contributed by atoms with E-state index in [-0.39, 0.29) is 18.9 Å². The Labute approximate surface area is 121 Å². The molecule has 3 atom stereocenters. The molecule has 2 rings (SSSR count). The Kier molecular flexibility index (Phi) is 4.42. The highest BCUT2D eigenvalue weighted by Gasteiger charge is 2.39. The first-order valence-corrected chi connectivity index (χ1v) is 6.68. The maximum Gasteiger partial charge on any atom is 0.245 e. The molecule has 6 nitrogen and oxygen atoms in total. The van der Waals surface area contributed by atoms with Crippen LogP contribution in [0, 0.1) is 5.82 Å². The van der Waals surface area contributed by atoms with E-state index in [0.717, 1.165) is 0 Å². The molecule has 1 aromatic carbocycles. The van der Waals surface area contributed by atoms with Gasteiger partial charge in [0.25, 0.3) is 0 Å². The lowest BCUT2D eigenvalue weighted by Crippen LogP contribution is -2.48. The Hall–Kier alpha value is -2.15. The van der Waals surface area contributed by atoms with E-state index in [9.17, 15) is 19.1 Å². The first kappa shape index (κ1) is 15.2. The monoisotopic (exact) mass is 295 g/mol. The normalized spacial score (nSPS) is 22.9. The van der Waals surface area contributed by atoms with Gasteiger partial charge in [-0.25, -0.2) is 4.39 Å². The molecule has 0 saturated carbocycles. The Balaban J connectivity index is 2.06. The minimum atomic E-state index is -0.802. The molecule has 2 amide bonds. The van der Waals surface area contributed by atoms with E-state index < -0.39 is 29.9 Å². The number of amides is 2. The summed E-state index contributed by atoms with van der Waals surface area (Å²) in [6.07, 6.45) is -0.610. The van der Waals surface area contributed by atoms with Crippen LogP contribution in [0.4, 0.5) is 10.1 Å². The molecule has 0 aromatic heterocycles. The zero-order chi connectivity index (χ0) is 15.6. The number of carbonyl (C=O) groups is 2. The van der Waals surface area contributed by atoms with E-state index >= 15 is 0 Å². The third-order valence-corrected chi connectivity index (χ3v) is 3.47. The van der Waals surface area contributed by atoms with E-state index in [1.54, 1.807) is 13.0 Å². The summed E-state index contributed by atoms with van der Waals surface area (Å²) in [6, 6.07) is 4.27. The highest BCUT2D eigenvalue weighted by Crippen LogP contribution is 2.20. The van der Waals surface area contributed by atoms with Crippen LogP contribution in [0.3, 0.4) is 0 Å². The van der Waals surface area contributed by atoms with Gasteiger partial charge in [-0.05, 0) is 25.1 Å². The van der Waals surface area contributed by atoms with Crippen LogP contribution in [0.5, 0.6) is 0 Å². The Bertz CT molecular complexity index is 552. The molecule has 3 unspecified atom stereocenters. The van der Waals surface area contributed by atoms with Crippen LogP contribution in [-0.4, -0.2) is 46.6 Å². The molecule has 4 N–H and O–H groups in total. The second kappa shape index (κ2) is 6.09. The molecular formula is C14H18FN3O3. The average Bonchev–Trinajstić information content (AvgIpc) is 2.80. The van der Waals surface area contributed by atoms with E-state index in [1.807, 2.05) is 0 Å². The number of aliphatic hydroxyl groups excluding tert-OH is 1. The highest BCUT2D eigenvalue weighted by molar-refractivity contribution is 5.91. The number of nitrogens with zero attached hydrogens (tertiary/aromatic N) is 1. The van der Waals surface area contributed by atoms with Crippen molar-refractivity contribution in [1.82, 2.24) is 4.90 Å². The number of likely N-dealkylation sites (tertiary alicyclic amines) is 1. The highest BCUT2D eigenvalue weighted by atomic mass is 19.1. The number of hydrogen-bond donors (Lipinski definition) is 3. The lowest BCUT2D eigenvalue weighted by atomic mass is 10.2. The number of halogens is 1. The molecule has 0 aliphatic carbocycles. The molecule has 0 bridgehead atoms. The van der Waals surface area contributed by atoms with Gasteiger partial charge in [0, 0.05) is 18.7 Å². The van der Waals surface area contributed by atoms with Gasteiger partial charge in [0.05, 0.1) is 6.10 Å². The summed E-state index contributed by atoms with van der Waals surface area (Å²) in [6.45, 7) is 1.68. The van der Waals surface area contributed by atoms with Gasteiger partial charge in [0.15, 0.2) is 0 Å². The summed E-state index contributed by atoms with van der Waals surface area (Å²) < 4.78 is 13.1. The quantitative estimate of drug-likeness (QED) is 0.732. The van der Waals surface area contributed by atoms with E-state index in [1.165, 1.54) is 23.1 Å². The van der Waals surface area contributed by atoms with E-state index in [0.29, 0.717) is 5.69 Å². The fraction of sp³-hybridized carbons (Fsp3) is 0.429. The maximum atomic E-state index is 13.1. The largest absolute Gasteiger partial charge is 0.391 e. The van der Waals surface area contributed by atoms with Crippen LogP contribution in [0.15, 0.2) is 24.3 Å². The van der Waals surface area contributed by atoms with Crippen molar-refractivity contribution in [2.24, 2.45) is 5.73 Å². The molecular weight excluding hydrogens is 277 g/mol. The van der Waals surface area contributed by atoms with Crippen LogP contribution in [0.2, 0.25) is 0 Å². The zero-order valence-electron chi connectivity index (χ0n) is 11.6. The Morgan fingerprint density at radius 1 is 1.52 bits per heavy atom. The molecule has 1 aliphatic rings. The van der Waals surface area contributed by atoms with Crippen LogP contribution < -0.4 is 11.1 Å². The predicted molar refractivity (Wildman–Crippen MR) is 74.8 cm³/mol. The van der Waals surface area contributed by atoms with Crippen molar-refractivity contribution in [2.75, 3.05) is 11.9 Å². The van der Waals surface area contributed by atoms with Crippen molar-refractivity contribution in [2.45, 2.75) is 31.5 Å². The van der Waals surface area contributed by atoms with Crippen LogP contribution in [0.1, 0.15) is 13.3 Å². The van der Waals surface area contributed by atoms with Gasteiger partial charge in [-0.1, -0.05) is 6.07 Å². The molecule has 21 heavy (non-hydrogen) atoms. The van der Waals surface area contributed by atoms with Crippen molar-refractivity contribution in [3.8, 4) is 0 Å². The second-order valence-electron chi connectivity index (χ2n) is 5.17. The van der Waals surface area contributed by atoms with E-state index in [4.69, 9.17) is 5.73 Å². The molecule has 7 heteroatoms. The summed E-state index contributed by atoms with van der Waals surface area (Å²) in [4.78, 5) is 24.9. The van der Waals surface area contributed by atoms with Crippen LogP contribution in [0.25, 0.3) is 0 Å². The SMILES string of the molecule is CC(Nc1cccc(F)c1)C(=O)N1CC(O)CC1C(N)=O. The van der Waals surface area contributed by atoms with Crippen molar-refractivity contribution in [3.05, 3.63) is 30.1 Å². The number of anilines is 1. The molecule has 1 heterocycles. The minimum Gasteiger partial charge on any atom is -0.391 e. The summed E-state index contributed by atoms with van der Waals surface area (Å²) in [5.74, 6) is -1.41. The van der Waals surface area contributed by atoms with Gasteiger partial charge in [-0.2, -0.15) is 0 Å². The topological polar surface area (TPSA) is 95.7 Å². The first-order valence-electron chi connectivity index (χ1n) is 6.68. The molecule has 1 aromatic rings. The van der Waals surface area contributed by atoms with Crippen LogP contribution in [-0.2, 0) is 9.59 Å². The molecule has 1 fully saturated rings. The number of aliphatic hydroxyl groups is 1. The molecule has 0 radical (unpaired) electrons. The van der Waals surface area contributed by atoms with Gasteiger partial charge in [-0.3, -0.25) is 9.59 Å². The molecule has 114 valence electrons. The fourth-order valence-corrected chi connectivity index (χ4v) is 2.47. The Morgan fingerprint density at radius 2 is 2.24 bits per heavy atom. The minimum absolute atomic E-state index is 0.0710. The van der Waals surface area contributed by atoms with Crippen LogP contribution >= 0.6 is 0 Å². The number of carbonyl (C=O) groups excluding carboxylic acids is 2. The Morgan fingerprint density at radius 3 is 2.86 bits per heavy atom. The smallest absolute Gasteiger partial charge is 0.245 e. The fourth-order valence-electron chi connectivity index (χ4n) is 2.47. The van der Waals surface area contributed by atoms with Gasteiger partial charge in [0.1, 0.15) is 17.9 Å². The summed E-state index contributed by atoms with van der Waals surface area (Å²) in [5, 5.41) is 12.5. The van der Waals surface area contributed by atoms with Gasteiger partial charge < -0.3 is 21.1 Å². The summed E-state index contributed by atoms with van der Waals surface area (Å²) in [7, 11) is 0. The van der Waals surface area contributed by atoms with Crippen molar-refractivity contribution < 1.29 is 19.1 Å². The predicted octanol–water partition coefficient (Wildman–Crippen LogP) is 0.0732. The third-order valence-electron chi connectivity index (χ3n) is 3.47. The average molecular weight is 295 g/mol. The lowest BCUT2D eigenvalue weighted by Gasteiger charge is -2.26.